The van der Waals surface area contributed by atoms with Gasteiger partial charge in [0, 0.05) is 24.6 Å². The van der Waals surface area contributed by atoms with Gasteiger partial charge in [0.15, 0.2) is 0 Å². The summed E-state index contributed by atoms with van der Waals surface area (Å²) in [5.74, 6) is 2.20. The van der Waals surface area contributed by atoms with Gasteiger partial charge in [-0.2, -0.15) is 0 Å². The van der Waals surface area contributed by atoms with Gasteiger partial charge in [-0.25, -0.2) is 0 Å². The van der Waals surface area contributed by atoms with Gasteiger partial charge in [-0.05, 0) is 12.8 Å². The van der Waals surface area contributed by atoms with E-state index in [1.807, 2.05) is 12.4 Å². The Hall–Kier alpha value is -0.620. The second-order valence-electron chi connectivity index (χ2n) is 5.11. The van der Waals surface area contributed by atoms with Gasteiger partial charge in [-0.1, -0.05) is 12.8 Å². The molecule has 0 N–H and O–H groups in total. The highest BCUT2D eigenvalue weighted by molar-refractivity contribution is 8.16. The lowest BCUT2D eigenvalue weighted by molar-refractivity contribution is 0.390. The first-order valence-corrected chi connectivity index (χ1v) is 9.30. The van der Waals surface area contributed by atoms with Crippen LogP contribution in [-0.2, 0) is 0 Å². The highest BCUT2D eigenvalue weighted by Gasteiger charge is 2.23. The van der Waals surface area contributed by atoms with Crippen LogP contribution in [0.3, 0.4) is 0 Å². The van der Waals surface area contributed by atoms with Crippen LogP contribution in [0.4, 0.5) is 0 Å². The molecular weight excluding hydrogens is 288 g/mol. The van der Waals surface area contributed by atoms with E-state index in [1.165, 1.54) is 12.8 Å². The summed E-state index contributed by atoms with van der Waals surface area (Å²) < 4.78 is 0. The predicted octanol–water partition coefficient (Wildman–Crippen LogP) is 2.73. The third-order valence-electron chi connectivity index (χ3n) is 3.66. The lowest BCUT2D eigenvalue weighted by Gasteiger charge is -2.25. The maximum atomic E-state index is 4.75. The number of thioether (sulfide) groups is 2. The Balaban J connectivity index is 1.61. The molecule has 0 aromatic heterocycles. The second kappa shape index (κ2) is 7.41. The molecule has 1 fully saturated rings. The molecule has 1 aliphatic carbocycles. The molecule has 3 aliphatic rings. The van der Waals surface area contributed by atoms with Gasteiger partial charge >= 0.3 is 0 Å². The largest absolute Gasteiger partial charge is 0.285 e. The van der Waals surface area contributed by atoms with Crippen LogP contribution in [0.1, 0.15) is 25.7 Å². The average molecular weight is 308 g/mol. The van der Waals surface area contributed by atoms with E-state index >= 15 is 0 Å². The molecule has 0 bridgehead atoms. The lowest BCUT2D eigenvalue weighted by Crippen LogP contribution is -2.27. The van der Waals surface area contributed by atoms with Crippen LogP contribution in [-0.4, -0.2) is 59.2 Å². The SMILES string of the molecule is C(=N\C1CCCCC1/N=C/C1=NCCS1)/C1=NCCS1. The molecule has 0 aromatic rings. The highest BCUT2D eigenvalue weighted by atomic mass is 32.2. The van der Waals surface area contributed by atoms with Gasteiger partial charge in [-0.3, -0.25) is 20.0 Å². The molecule has 0 spiro atoms. The number of aliphatic imine (C=N–C) groups is 4. The van der Waals surface area contributed by atoms with Crippen LogP contribution in [0, 0.1) is 0 Å². The summed E-state index contributed by atoms with van der Waals surface area (Å²) in [4.78, 5) is 18.4. The zero-order valence-corrected chi connectivity index (χ0v) is 13.2. The molecule has 2 aliphatic heterocycles. The number of hydrogen-bond acceptors (Lipinski definition) is 6. The second-order valence-corrected chi connectivity index (χ2v) is 7.34. The normalized spacial score (nSPS) is 31.2. The van der Waals surface area contributed by atoms with E-state index in [-0.39, 0.29) is 0 Å². The smallest absolute Gasteiger partial charge is 0.108 e. The van der Waals surface area contributed by atoms with E-state index in [2.05, 4.69) is 9.98 Å². The molecule has 0 saturated heterocycles. The van der Waals surface area contributed by atoms with Crippen molar-refractivity contribution in [3.8, 4) is 0 Å². The number of nitrogens with zero attached hydrogens (tertiary/aromatic N) is 4. The Kier molecular flexibility index (Phi) is 5.30. The zero-order chi connectivity index (χ0) is 13.6. The third kappa shape index (κ3) is 3.95. The summed E-state index contributed by atoms with van der Waals surface area (Å²) in [6.07, 6.45) is 8.77. The van der Waals surface area contributed by atoms with Crippen molar-refractivity contribution >= 4 is 46.0 Å². The minimum Gasteiger partial charge on any atom is -0.285 e. The topological polar surface area (TPSA) is 49.4 Å². The molecular formula is C14H20N4S2. The first-order chi connectivity index (χ1) is 9.92. The van der Waals surface area contributed by atoms with Crippen molar-refractivity contribution in [1.82, 2.24) is 0 Å². The molecule has 3 rings (SSSR count). The Labute approximate surface area is 128 Å². The van der Waals surface area contributed by atoms with Crippen LogP contribution in [0.25, 0.3) is 0 Å². The molecule has 2 unspecified atom stereocenters. The number of hydrogen-bond donors (Lipinski definition) is 0. The van der Waals surface area contributed by atoms with Crippen molar-refractivity contribution in [2.75, 3.05) is 24.6 Å². The maximum absolute atomic E-state index is 4.75. The average Bonchev–Trinajstić information content (AvgIpc) is 3.17. The maximum Gasteiger partial charge on any atom is 0.108 e. The summed E-state index contributed by atoms with van der Waals surface area (Å²) in [5, 5.41) is 2.18. The Bertz CT molecular complexity index is 414. The Morgan fingerprint density at radius 2 is 1.35 bits per heavy atom. The first-order valence-electron chi connectivity index (χ1n) is 7.33. The van der Waals surface area contributed by atoms with E-state index in [4.69, 9.17) is 9.98 Å². The van der Waals surface area contributed by atoms with E-state index in [1.54, 1.807) is 23.5 Å². The van der Waals surface area contributed by atoms with Gasteiger partial charge in [0.05, 0.1) is 24.5 Å². The highest BCUT2D eigenvalue weighted by Crippen LogP contribution is 2.24. The van der Waals surface area contributed by atoms with Crippen molar-refractivity contribution in [3.05, 3.63) is 0 Å². The third-order valence-corrected chi connectivity index (χ3v) is 5.50. The van der Waals surface area contributed by atoms with Gasteiger partial charge < -0.3 is 0 Å². The van der Waals surface area contributed by atoms with Crippen LogP contribution < -0.4 is 0 Å². The first kappa shape index (κ1) is 14.3. The molecule has 0 radical (unpaired) electrons. The molecule has 108 valence electrons. The fourth-order valence-corrected chi connectivity index (χ4v) is 4.04. The van der Waals surface area contributed by atoms with Crippen molar-refractivity contribution in [3.63, 3.8) is 0 Å². The van der Waals surface area contributed by atoms with Gasteiger partial charge in [-0.15, -0.1) is 23.5 Å². The molecule has 20 heavy (non-hydrogen) atoms. The fraction of sp³-hybridized carbons (Fsp3) is 0.714. The van der Waals surface area contributed by atoms with E-state index < -0.39 is 0 Å². The summed E-state index contributed by atoms with van der Waals surface area (Å²) in [6.45, 7) is 1.88. The summed E-state index contributed by atoms with van der Waals surface area (Å²) in [6, 6.07) is 0.659. The minimum atomic E-state index is 0.330. The van der Waals surface area contributed by atoms with E-state index in [9.17, 15) is 0 Å². The van der Waals surface area contributed by atoms with Crippen LogP contribution >= 0.6 is 23.5 Å². The summed E-state index contributed by atoms with van der Waals surface area (Å²) in [5.41, 5.74) is 0. The fourth-order valence-electron chi connectivity index (χ4n) is 2.62. The summed E-state index contributed by atoms with van der Waals surface area (Å²) >= 11 is 3.61. The molecule has 6 heteroatoms. The Morgan fingerprint density at radius 3 is 1.75 bits per heavy atom. The van der Waals surface area contributed by atoms with Crippen molar-refractivity contribution in [2.45, 2.75) is 37.8 Å². The monoisotopic (exact) mass is 308 g/mol. The lowest BCUT2D eigenvalue weighted by atomic mass is 9.91. The van der Waals surface area contributed by atoms with E-state index in [0.717, 1.165) is 47.5 Å². The summed E-state index contributed by atoms with van der Waals surface area (Å²) in [7, 11) is 0. The van der Waals surface area contributed by atoms with Crippen molar-refractivity contribution < 1.29 is 0 Å². The molecule has 1 saturated carbocycles. The van der Waals surface area contributed by atoms with Gasteiger partial charge in [0.25, 0.3) is 0 Å². The molecule has 0 amide bonds. The standard InChI is InChI=1S/C14H20N4S2/c1-2-4-12(18-10-14-16-6-8-20-14)11(3-1)17-9-13-15-5-7-19-13/h9-12H,1-8H2/b17-9+,18-10+. The van der Waals surface area contributed by atoms with E-state index in [0.29, 0.717) is 12.1 Å². The van der Waals surface area contributed by atoms with Gasteiger partial charge in [0.2, 0.25) is 0 Å². The van der Waals surface area contributed by atoms with Gasteiger partial charge in [0.1, 0.15) is 10.1 Å². The predicted molar refractivity (Wildman–Crippen MR) is 92.5 cm³/mol. The molecule has 4 nitrogen and oxygen atoms in total. The molecule has 0 aromatic carbocycles. The van der Waals surface area contributed by atoms with Crippen molar-refractivity contribution in [2.24, 2.45) is 20.0 Å². The van der Waals surface area contributed by atoms with Crippen molar-refractivity contribution in [1.29, 1.82) is 0 Å². The molecule has 2 atom stereocenters. The minimum absolute atomic E-state index is 0.330. The van der Waals surface area contributed by atoms with Crippen LogP contribution in [0.15, 0.2) is 20.0 Å². The van der Waals surface area contributed by atoms with Crippen LogP contribution in [0.2, 0.25) is 0 Å². The van der Waals surface area contributed by atoms with Crippen LogP contribution in [0.5, 0.6) is 0 Å². The zero-order valence-electron chi connectivity index (χ0n) is 11.6. The number of rotatable bonds is 4. The molecule has 2 heterocycles. The Morgan fingerprint density at radius 1 is 0.850 bits per heavy atom. The quantitative estimate of drug-likeness (QED) is 0.750.